The molecule has 1 heterocycles. The second kappa shape index (κ2) is 8.69. The van der Waals surface area contributed by atoms with Crippen LogP contribution in [0.3, 0.4) is 0 Å². The first kappa shape index (κ1) is 21.7. The fourth-order valence-electron chi connectivity index (χ4n) is 4.13. The van der Waals surface area contributed by atoms with Gasteiger partial charge in [-0.1, -0.05) is 48.5 Å². The Labute approximate surface area is 198 Å². The molecule has 1 aromatic heterocycles. The van der Waals surface area contributed by atoms with E-state index in [-0.39, 0.29) is 11.7 Å². The van der Waals surface area contributed by atoms with Crippen molar-refractivity contribution in [2.75, 3.05) is 0 Å². The highest BCUT2D eigenvalue weighted by Gasteiger charge is 2.32. The Kier molecular flexibility index (Phi) is 5.56. The highest BCUT2D eigenvalue weighted by molar-refractivity contribution is 6.01. The first-order valence-corrected chi connectivity index (χ1v) is 11.3. The Balaban J connectivity index is 1.55. The van der Waals surface area contributed by atoms with Gasteiger partial charge in [-0.25, -0.2) is 0 Å². The Morgan fingerprint density at radius 1 is 1.06 bits per heavy atom. The zero-order valence-corrected chi connectivity index (χ0v) is 18.9. The van der Waals surface area contributed by atoms with Gasteiger partial charge in [0.2, 0.25) is 11.8 Å². The molecule has 6 heteroatoms. The Morgan fingerprint density at radius 3 is 2.50 bits per heavy atom. The molecule has 5 rings (SSSR count). The van der Waals surface area contributed by atoms with E-state index in [4.69, 9.17) is 10.2 Å². The van der Waals surface area contributed by atoms with E-state index in [0.29, 0.717) is 34.9 Å². The molecule has 0 aliphatic heterocycles. The third-order valence-corrected chi connectivity index (χ3v) is 6.10. The van der Waals surface area contributed by atoms with E-state index in [9.17, 15) is 10.1 Å². The van der Waals surface area contributed by atoms with Gasteiger partial charge in [0.1, 0.15) is 0 Å². The summed E-state index contributed by atoms with van der Waals surface area (Å²) in [6.07, 6.45) is 2.35. The molecule has 1 aliphatic carbocycles. The fraction of sp³-hybridized carbons (Fsp3) is 0.214. The number of hydrogen-bond donors (Lipinski definition) is 1. The molecule has 3 aromatic carbocycles. The zero-order chi connectivity index (χ0) is 23.7. The number of carbonyl (C=O) groups is 1. The summed E-state index contributed by atoms with van der Waals surface area (Å²) in [5.41, 5.74) is 10.0. The summed E-state index contributed by atoms with van der Waals surface area (Å²) >= 11 is 0. The maximum Gasteiger partial charge on any atom is 0.247 e. The van der Waals surface area contributed by atoms with Crippen molar-refractivity contribution in [1.82, 2.24) is 10.2 Å². The summed E-state index contributed by atoms with van der Waals surface area (Å²) in [4.78, 5) is 12.9. The molecule has 1 saturated carbocycles. The topological polar surface area (TPSA) is 106 Å². The largest absolute Gasteiger partial charge is 0.419 e. The molecule has 1 fully saturated rings. The molecular weight excluding hydrogens is 424 g/mol. The van der Waals surface area contributed by atoms with Crippen LogP contribution in [-0.4, -0.2) is 16.0 Å². The van der Waals surface area contributed by atoms with Crippen LogP contribution in [0, 0.1) is 17.2 Å². The molecule has 0 spiro atoms. The van der Waals surface area contributed by atoms with E-state index >= 15 is 0 Å². The molecular formula is C28H24N4O2. The van der Waals surface area contributed by atoms with Crippen LogP contribution >= 0.6 is 0 Å². The maximum atomic E-state index is 12.9. The number of Topliss-reactive ketones (excluding diaryl/α,β-unsaturated/α-hetero) is 1. The van der Waals surface area contributed by atoms with Crippen LogP contribution in [0.5, 0.6) is 0 Å². The molecule has 168 valence electrons. The first-order valence-electron chi connectivity index (χ1n) is 11.3. The monoisotopic (exact) mass is 448 g/mol. The summed E-state index contributed by atoms with van der Waals surface area (Å²) in [5, 5.41) is 18.1. The van der Waals surface area contributed by atoms with E-state index in [1.165, 1.54) is 0 Å². The number of nitriles is 1. The van der Waals surface area contributed by atoms with Crippen molar-refractivity contribution < 1.29 is 9.21 Å². The number of rotatable bonds is 7. The molecule has 1 unspecified atom stereocenters. The van der Waals surface area contributed by atoms with Crippen LogP contribution < -0.4 is 5.73 Å². The van der Waals surface area contributed by atoms with E-state index < -0.39 is 5.54 Å². The van der Waals surface area contributed by atoms with Crippen molar-refractivity contribution >= 4 is 5.78 Å². The van der Waals surface area contributed by atoms with E-state index in [2.05, 4.69) is 16.3 Å². The van der Waals surface area contributed by atoms with Crippen LogP contribution in [0.25, 0.3) is 22.6 Å². The number of benzene rings is 3. The van der Waals surface area contributed by atoms with Crippen LogP contribution in [-0.2, 0) is 12.0 Å². The molecule has 0 saturated heterocycles. The van der Waals surface area contributed by atoms with Crippen molar-refractivity contribution in [3.05, 3.63) is 95.4 Å². The number of hydrogen-bond acceptors (Lipinski definition) is 6. The van der Waals surface area contributed by atoms with Gasteiger partial charge in [-0.05, 0) is 67.1 Å². The highest BCUT2D eigenvalue weighted by Crippen LogP contribution is 2.36. The Morgan fingerprint density at radius 2 is 1.76 bits per heavy atom. The minimum atomic E-state index is -0.857. The molecule has 34 heavy (non-hydrogen) atoms. The fourth-order valence-corrected chi connectivity index (χ4v) is 4.13. The molecule has 0 bridgehead atoms. The summed E-state index contributed by atoms with van der Waals surface area (Å²) in [6.45, 7) is 1.86. The van der Waals surface area contributed by atoms with E-state index in [0.717, 1.165) is 29.5 Å². The summed E-state index contributed by atoms with van der Waals surface area (Å²) in [5.74, 6) is 0.779. The number of ketones is 1. The van der Waals surface area contributed by atoms with Gasteiger partial charge in [0.05, 0.1) is 17.2 Å². The van der Waals surface area contributed by atoms with Gasteiger partial charge in [-0.2, -0.15) is 5.26 Å². The minimum Gasteiger partial charge on any atom is -0.419 e. The second-order valence-electron chi connectivity index (χ2n) is 9.09. The molecule has 1 atom stereocenters. The molecule has 4 aromatic rings. The van der Waals surface area contributed by atoms with Gasteiger partial charge in [0.25, 0.3) is 0 Å². The van der Waals surface area contributed by atoms with Gasteiger partial charge >= 0.3 is 0 Å². The predicted molar refractivity (Wildman–Crippen MR) is 129 cm³/mol. The quantitative estimate of drug-likeness (QED) is 0.385. The second-order valence-corrected chi connectivity index (χ2v) is 9.09. The van der Waals surface area contributed by atoms with Crippen molar-refractivity contribution in [2.45, 2.75) is 31.7 Å². The molecule has 1 aliphatic rings. The van der Waals surface area contributed by atoms with Gasteiger partial charge in [0.15, 0.2) is 5.78 Å². The maximum absolute atomic E-state index is 12.9. The number of nitrogens with two attached hydrogens (primary N) is 1. The van der Waals surface area contributed by atoms with E-state index in [1.807, 2.05) is 67.6 Å². The molecule has 6 nitrogen and oxygen atoms in total. The van der Waals surface area contributed by atoms with Crippen LogP contribution in [0.15, 0.2) is 77.2 Å². The number of carbonyl (C=O) groups excluding carboxylic acids is 1. The van der Waals surface area contributed by atoms with Crippen molar-refractivity contribution in [2.24, 2.45) is 11.7 Å². The summed E-state index contributed by atoms with van der Waals surface area (Å²) < 4.78 is 6.04. The smallest absolute Gasteiger partial charge is 0.247 e. The molecule has 0 radical (unpaired) electrons. The van der Waals surface area contributed by atoms with Crippen LogP contribution in [0.1, 0.15) is 47.1 Å². The predicted octanol–water partition coefficient (Wildman–Crippen LogP) is 5.28. The van der Waals surface area contributed by atoms with E-state index in [1.54, 1.807) is 12.1 Å². The summed E-state index contributed by atoms with van der Waals surface area (Å²) in [7, 11) is 0. The lowest BCUT2D eigenvalue weighted by Crippen LogP contribution is -2.35. The third kappa shape index (κ3) is 4.39. The summed E-state index contributed by atoms with van der Waals surface area (Å²) in [6, 6.07) is 25.0. The van der Waals surface area contributed by atoms with Gasteiger partial charge in [-0.15, -0.1) is 10.2 Å². The first-order chi connectivity index (χ1) is 16.4. The SMILES string of the molecule is CC(N)(Cc1ccccc1)c1nnc(-c2cc(C(=O)C3CC3)cc(-c3ccccc3C#N)c2)o1. The van der Waals surface area contributed by atoms with Crippen LogP contribution in [0.2, 0.25) is 0 Å². The Hall–Kier alpha value is -4.08. The zero-order valence-electron chi connectivity index (χ0n) is 18.9. The number of nitrogens with zero attached hydrogens (tertiary/aromatic N) is 3. The average molecular weight is 449 g/mol. The van der Waals surface area contributed by atoms with Gasteiger partial charge in [0, 0.05) is 17.0 Å². The average Bonchev–Trinajstić information content (AvgIpc) is 3.58. The Bertz CT molecular complexity index is 1400. The van der Waals surface area contributed by atoms with Crippen molar-refractivity contribution in [3.8, 4) is 28.7 Å². The standard InChI is InChI=1S/C28H24N4O2/c1-28(30,16-18-7-3-2-4-8-18)27-32-31-26(34-27)23-14-21(24-10-6-5-9-20(24)17-29)13-22(15-23)25(33)19-11-12-19/h2-10,13-15,19H,11-12,16,30H2,1H3. The molecule has 2 N–H and O–H groups in total. The lowest BCUT2D eigenvalue weighted by molar-refractivity contribution is 0.0967. The highest BCUT2D eigenvalue weighted by atomic mass is 16.4. The van der Waals surface area contributed by atoms with Crippen LogP contribution in [0.4, 0.5) is 0 Å². The normalized spacial score (nSPS) is 14.9. The lowest BCUT2D eigenvalue weighted by atomic mass is 9.94. The van der Waals surface area contributed by atoms with Crippen molar-refractivity contribution in [1.29, 1.82) is 5.26 Å². The van der Waals surface area contributed by atoms with Gasteiger partial charge < -0.3 is 10.2 Å². The van der Waals surface area contributed by atoms with Crippen molar-refractivity contribution in [3.63, 3.8) is 0 Å². The lowest BCUT2D eigenvalue weighted by Gasteiger charge is -2.20. The minimum absolute atomic E-state index is 0.0609. The van der Waals surface area contributed by atoms with Gasteiger partial charge in [-0.3, -0.25) is 4.79 Å². The molecule has 0 amide bonds. The third-order valence-electron chi connectivity index (χ3n) is 6.10. The number of aromatic nitrogens is 2.